The van der Waals surface area contributed by atoms with E-state index < -0.39 is 5.54 Å². The minimum absolute atomic E-state index is 0.0720. The Morgan fingerprint density at radius 1 is 0.938 bits per heavy atom. The Labute approximate surface area is 190 Å². The molecule has 1 N–H and O–H groups in total. The van der Waals surface area contributed by atoms with E-state index in [1.165, 1.54) is 11.3 Å². The number of amides is 5. The Balaban J connectivity index is 1.30. The number of nitrogens with zero attached hydrogens (tertiary/aromatic N) is 4. The molecule has 9 nitrogen and oxygen atoms in total. The van der Waals surface area contributed by atoms with Gasteiger partial charge in [-0.1, -0.05) is 20.3 Å². The Hall–Kier alpha value is -2.16. The summed E-state index contributed by atoms with van der Waals surface area (Å²) in [5.74, 6) is 0.0192. The first-order valence-electron chi connectivity index (χ1n) is 12.3. The van der Waals surface area contributed by atoms with Crippen molar-refractivity contribution in [3.63, 3.8) is 0 Å². The second kappa shape index (κ2) is 9.37. The maximum absolute atomic E-state index is 13.3. The second-order valence-corrected chi connectivity index (χ2v) is 10.1. The molecule has 9 heteroatoms. The van der Waals surface area contributed by atoms with Crippen molar-refractivity contribution in [2.24, 2.45) is 5.92 Å². The predicted octanol–water partition coefficient (Wildman–Crippen LogP) is 1.03. The summed E-state index contributed by atoms with van der Waals surface area (Å²) >= 11 is 0. The lowest BCUT2D eigenvalue weighted by Crippen LogP contribution is -2.57. The lowest BCUT2D eigenvalue weighted by molar-refractivity contribution is -0.141. The lowest BCUT2D eigenvalue weighted by Gasteiger charge is -2.39. The first-order chi connectivity index (χ1) is 15.3. The van der Waals surface area contributed by atoms with Crippen LogP contribution in [0.2, 0.25) is 0 Å². The Morgan fingerprint density at radius 2 is 1.56 bits per heavy atom. The third-order valence-corrected chi connectivity index (χ3v) is 7.61. The molecule has 0 aromatic heterocycles. The van der Waals surface area contributed by atoms with Crippen molar-refractivity contribution in [1.82, 2.24) is 24.9 Å². The highest BCUT2D eigenvalue weighted by molar-refractivity contribution is 6.07. The summed E-state index contributed by atoms with van der Waals surface area (Å²) in [6.07, 6.45) is 5.73. The Bertz CT molecular complexity index is 747. The zero-order valence-corrected chi connectivity index (χ0v) is 19.5. The molecule has 0 bridgehead atoms. The molecule has 178 valence electrons. The van der Waals surface area contributed by atoms with Crippen molar-refractivity contribution in [2.45, 2.75) is 70.4 Å². The highest BCUT2D eigenvalue weighted by Gasteiger charge is 2.54. The molecule has 0 aliphatic carbocycles. The van der Waals surface area contributed by atoms with E-state index in [4.69, 9.17) is 0 Å². The van der Waals surface area contributed by atoms with Gasteiger partial charge in [0.15, 0.2) is 0 Å². The first-order valence-corrected chi connectivity index (χ1v) is 12.3. The first kappa shape index (κ1) is 23.0. The number of nitrogens with one attached hydrogen (secondary N) is 1. The van der Waals surface area contributed by atoms with Crippen molar-refractivity contribution in [1.29, 1.82) is 0 Å². The van der Waals surface area contributed by atoms with E-state index in [0.717, 1.165) is 25.9 Å². The van der Waals surface area contributed by atoms with E-state index in [2.05, 4.69) is 10.2 Å². The molecule has 0 atom stereocenters. The molecule has 4 rings (SSSR count). The van der Waals surface area contributed by atoms with Gasteiger partial charge < -0.3 is 15.1 Å². The third kappa shape index (κ3) is 4.49. The topological polar surface area (TPSA) is 93.3 Å². The van der Waals surface area contributed by atoms with Gasteiger partial charge in [-0.25, -0.2) is 4.79 Å². The minimum atomic E-state index is -0.883. The largest absolute Gasteiger partial charge is 0.342 e. The van der Waals surface area contributed by atoms with Gasteiger partial charge in [0.25, 0.3) is 5.91 Å². The molecular weight excluding hydrogens is 410 g/mol. The van der Waals surface area contributed by atoms with Gasteiger partial charge in [-0.15, -0.1) is 0 Å². The fourth-order valence-electron chi connectivity index (χ4n) is 5.57. The monoisotopic (exact) mass is 447 g/mol. The fraction of sp³-hybridized carbons (Fsp3) is 0.826. The second-order valence-electron chi connectivity index (χ2n) is 10.1. The quantitative estimate of drug-likeness (QED) is 0.650. The van der Waals surface area contributed by atoms with Gasteiger partial charge in [-0.3, -0.25) is 24.2 Å². The third-order valence-electron chi connectivity index (χ3n) is 7.61. The highest BCUT2D eigenvalue weighted by atomic mass is 16.2. The molecule has 0 unspecified atom stereocenters. The average molecular weight is 448 g/mol. The number of carbonyl (C=O) groups excluding carboxylic acids is 4. The summed E-state index contributed by atoms with van der Waals surface area (Å²) in [6.45, 7) is 8.35. The van der Waals surface area contributed by atoms with E-state index in [-0.39, 0.29) is 35.7 Å². The van der Waals surface area contributed by atoms with Crippen LogP contribution in [0.4, 0.5) is 4.79 Å². The van der Waals surface area contributed by atoms with Crippen LogP contribution in [0, 0.1) is 5.92 Å². The van der Waals surface area contributed by atoms with Crippen molar-refractivity contribution >= 4 is 23.8 Å². The van der Waals surface area contributed by atoms with Gasteiger partial charge in [-0.05, 0) is 51.6 Å². The van der Waals surface area contributed by atoms with Gasteiger partial charge >= 0.3 is 6.03 Å². The molecular formula is C23H37N5O4. The maximum Gasteiger partial charge on any atom is 0.325 e. The number of hydrogen-bond acceptors (Lipinski definition) is 5. The predicted molar refractivity (Wildman–Crippen MR) is 119 cm³/mol. The maximum atomic E-state index is 13.3. The van der Waals surface area contributed by atoms with Crippen LogP contribution < -0.4 is 5.32 Å². The normalized spacial score (nSPS) is 25.0. The molecule has 1 spiro atoms. The van der Waals surface area contributed by atoms with Gasteiger partial charge in [0, 0.05) is 38.1 Å². The van der Waals surface area contributed by atoms with Crippen molar-refractivity contribution in [3.05, 3.63) is 0 Å². The zero-order valence-electron chi connectivity index (χ0n) is 19.5. The van der Waals surface area contributed by atoms with E-state index in [0.29, 0.717) is 58.4 Å². The summed E-state index contributed by atoms with van der Waals surface area (Å²) in [7, 11) is 0. The van der Waals surface area contributed by atoms with E-state index in [1.54, 1.807) is 4.90 Å². The number of imide groups is 1. The van der Waals surface area contributed by atoms with Crippen LogP contribution in [0.1, 0.15) is 58.8 Å². The van der Waals surface area contributed by atoms with Crippen LogP contribution in [-0.4, -0.2) is 101 Å². The summed E-state index contributed by atoms with van der Waals surface area (Å²) in [5.41, 5.74) is -0.883. The number of urea groups is 1. The molecule has 0 aromatic rings. The molecule has 4 fully saturated rings. The Morgan fingerprint density at radius 3 is 2.16 bits per heavy atom. The molecule has 4 aliphatic rings. The van der Waals surface area contributed by atoms with Gasteiger partial charge in [0.05, 0.1) is 6.54 Å². The van der Waals surface area contributed by atoms with Crippen LogP contribution in [0.5, 0.6) is 0 Å². The Kier molecular flexibility index (Phi) is 6.74. The van der Waals surface area contributed by atoms with E-state index in [9.17, 15) is 19.2 Å². The smallest absolute Gasteiger partial charge is 0.325 e. The van der Waals surface area contributed by atoms with Crippen LogP contribution in [0.15, 0.2) is 0 Å². The average Bonchev–Trinajstić information content (AvgIpc) is 3.03. The standard InChI is InChI=1S/C23H37N5O4/c1-17(2)20(30)27-14-8-23(9-15-27)21(31)28(22(32)24-23)18-6-12-26(13-7-18)19(29)16-25-10-4-3-5-11-25/h17-18H,3-16H2,1-2H3,(H,24,32). The lowest BCUT2D eigenvalue weighted by atomic mass is 9.86. The summed E-state index contributed by atoms with van der Waals surface area (Å²) in [4.78, 5) is 58.4. The molecule has 0 radical (unpaired) electrons. The number of carbonyl (C=O) groups is 4. The summed E-state index contributed by atoms with van der Waals surface area (Å²) < 4.78 is 0. The summed E-state index contributed by atoms with van der Waals surface area (Å²) in [5, 5.41) is 2.96. The molecule has 0 aromatic carbocycles. The summed E-state index contributed by atoms with van der Waals surface area (Å²) in [6, 6.07) is -0.493. The van der Waals surface area contributed by atoms with Crippen LogP contribution in [0.25, 0.3) is 0 Å². The number of hydrogen-bond donors (Lipinski definition) is 1. The van der Waals surface area contributed by atoms with Crippen molar-refractivity contribution < 1.29 is 19.2 Å². The van der Waals surface area contributed by atoms with Gasteiger partial charge in [0.1, 0.15) is 5.54 Å². The highest BCUT2D eigenvalue weighted by Crippen LogP contribution is 2.33. The van der Waals surface area contributed by atoms with Crippen molar-refractivity contribution in [2.75, 3.05) is 45.8 Å². The van der Waals surface area contributed by atoms with Crippen LogP contribution in [-0.2, 0) is 14.4 Å². The zero-order chi connectivity index (χ0) is 22.9. The SMILES string of the molecule is CC(C)C(=O)N1CCC2(CC1)NC(=O)N(C1CCN(C(=O)CN3CCCCC3)CC1)C2=O. The molecule has 4 saturated heterocycles. The molecule has 4 heterocycles. The van der Waals surface area contributed by atoms with E-state index in [1.807, 2.05) is 18.7 Å². The molecule has 0 saturated carbocycles. The van der Waals surface area contributed by atoms with E-state index >= 15 is 0 Å². The minimum Gasteiger partial charge on any atom is -0.342 e. The molecule has 5 amide bonds. The van der Waals surface area contributed by atoms with Crippen LogP contribution >= 0.6 is 0 Å². The number of rotatable bonds is 4. The number of likely N-dealkylation sites (tertiary alicyclic amines) is 3. The van der Waals surface area contributed by atoms with Crippen LogP contribution in [0.3, 0.4) is 0 Å². The fourth-order valence-corrected chi connectivity index (χ4v) is 5.57. The number of piperidine rings is 3. The molecule has 4 aliphatic heterocycles. The van der Waals surface area contributed by atoms with Crippen molar-refractivity contribution in [3.8, 4) is 0 Å². The van der Waals surface area contributed by atoms with Gasteiger partial charge in [-0.2, -0.15) is 0 Å². The molecule has 32 heavy (non-hydrogen) atoms. The van der Waals surface area contributed by atoms with Gasteiger partial charge in [0.2, 0.25) is 11.8 Å².